The fraction of sp³-hybridized carbons (Fsp3) is 0.188. The van der Waals surface area contributed by atoms with Gasteiger partial charge in [0.1, 0.15) is 4.60 Å². The van der Waals surface area contributed by atoms with E-state index in [4.69, 9.17) is 6.57 Å². The Balaban J connectivity index is 1.85. The van der Waals surface area contributed by atoms with Gasteiger partial charge in [0, 0.05) is 19.8 Å². The van der Waals surface area contributed by atoms with Gasteiger partial charge in [-0.15, -0.1) is 0 Å². The number of nitrogens with zero attached hydrogens (tertiary/aromatic N) is 5. The molecule has 1 aromatic carbocycles. The largest absolute Gasteiger partial charge is 0.329 e. The molecular weight excluding hydrogens is 342 g/mol. The third-order valence-corrected chi connectivity index (χ3v) is 4.04. The van der Waals surface area contributed by atoms with Crippen LogP contribution in [0.2, 0.25) is 0 Å². The van der Waals surface area contributed by atoms with Crippen LogP contribution >= 0.6 is 15.9 Å². The number of hydrogen-bond acceptors (Lipinski definition) is 2. The van der Waals surface area contributed by atoms with Crippen LogP contribution in [-0.4, -0.2) is 19.3 Å². The van der Waals surface area contributed by atoms with Crippen molar-refractivity contribution in [3.63, 3.8) is 0 Å². The maximum absolute atomic E-state index is 7.03. The van der Waals surface area contributed by atoms with E-state index in [1.165, 1.54) is 5.56 Å². The van der Waals surface area contributed by atoms with Crippen LogP contribution in [0.5, 0.6) is 0 Å². The highest BCUT2D eigenvalue weighted by Gasteiger charge is 2.11. The van der Waals surface area contributed by atoms with Gasteiger partial charge in [-0.1, -0.05) is 24.3 Å². The molecule has 0 fully saturated rings. The molecule has 22 heavy (non-hydrogen) atoms. The van der Waals surface area contributed by atoms with Gasteiger partial charge in [0.25, 0.3) is 0 Å². The summed E-state index contributed by atoms with van der Waals surface area (Å²) in [4.78, 5) is 7.77. The molecule has 0 bridgehead atoms. The molecule has 0 amide bonds. The second kappa shape index (κ2) is 6.16. The maximum atomic E-state index is 7.03. The minimum absolute atomic E-state index is 0.640. The van der Waals surface area contributed by atoms with E-state index < -0.39 is 0 Å². The molecule has 3 aromatic rings. The number of aromatic nitrogens is 4. The summed E-state index contributed by atoms with van der Waals surface area (Å²) in [5, 5.41) is 4.19. The number of hydrogen-bond donors (Lipinski definition) is 0. The molecule has 2 heterocycles. The topological polar surface area (TPSA) is 40.0 Å². The summed E-state index contributed by atoms with van der Waals surface area (Å²) in [6.07, 6.45) is 6.63. The third-order valence-electron chi connectivity index (χ3n) is 3.46. The minimum atomic E-state index is 0.640. The molecule has 2 aromatic heterocycles. The number of rotatable bonds is 4. The molecule has 0 atom stereocenters. The van der Waals surface area contributed by atoms with E-state index in [2.05, 4.69) is 35.4 Å². The first kappa shape index (κ1) is 14.5. The Hall–Kier alpha value is -2.39. The van der Waals surface area contributed by atoms with Gasteiger partial charge in [0.15, 0.2) is 5.69 Å². The van der Waals surface area contributed by atoms with Gasteiger partial charge in [0.05, 0.1) is 24.8 Å². The lowest BCUT2D eigenvalue weighted by molar-refractivity contribution is 0.700. The highest BCUT2D eigenvalue weighted by Crippen LogP contribution is 2.29. The van der Waals surface area contributed by atoms with Crippen LogP contribution in [-0.2, 0) is 20.0 Å². The zero-order chi connectivity index (χ0) is 15.5. The van der Waals surface area contributed by atoms with Crippen LogP contribution in [0.4, 0.5) is 5.69 Å². The summed E-state index contributed by atoms with van der Waals surface area (Å²) in [5.74, 6) is 0. The first-order valence-electron chi connectivity index (χ1n) is 6.83. The van der Waals surface area contributed by atoms with Gasteiger partial charge < -0.3 is 4.57 Å². The lowest BCUT2D eigenvalue weighted by atomic mass is 10.1. The van der Waals surface area contributed by atoms with Gasteiger partial charge in [-0.2, -0.15) is 5.10 Å². The summed E-state index contributed by atoms with van der Waals surface area (Å²) in [6.45, 7) is 7.85. The molecule has 0 unspecified atom stereocenters. The molecule has 0 aliphatic rings. The summed E-state index contributed by atoms with van der Waals surface area (Å²) >= 11 is 3.51. The minimum Gasteiger partial charge on any atom is -0.329 e. The van der Waals surface area contributed by atoms with Gasteiger partial charge in [-0.25, -0.2) is 9.83 Å². The van der Waals surface area contributed by atoms with Gasteiger partial charge in [-0.3, -0.25) is 4.68 Å². The first-order chi connectivity index (χ1) is 10.7. The predicted octanol–water partition coefficient (Wildman–Crippen LogP) is 3.84. The monoisotopic (exact) mass is 355 g/mol. The quantitative estimate of drug-likeness (QED) is 0.667. The second-order valence-electron chi connectivity index (χ2n) is 5.01. The number of imidazole rings is 1. The van der Waals surface area contributed by atoms with Gasteiger partial charge >= 0.3 is 0 Å². The van der Waals surface area contributed by atoms with E-state index in [-0.39, 0.29) is 0 Å². The second-order valence-corrected chi connectivity index (χ2v) is 5.76. The number of aryl methyl sites for hydroxylation is 3. The fourth-order valence-electron chi connectivity index (χ4n) is 2.36. The van der Waals surface area contributed by atoms with Crippen molar-refractivity contribution in [3.8, 4) is 11.3 Å². The molecule has 0 N–H and O–H groups in total. The number of benzene rings is 1. The Morgan fingerprint density at radius 1 is 1.27 bits per heavy atom. The molecule has 0 saturated carbocycles. The SMILES string of the molecule is [C-]#[N+]c1ccc(-c2c(Br)ncn2CCc2cnn(C)c2)cc1. The van der Waals surface area contributed by atoms with Crippen molar-refractivity contribution in [1.82, 2.24) is 19.3 Å². The lowest BCUT2D eigenvalue weighted by Crippen LogP contribution is -2.01. The molecule has 0 radical (unpaired) electrons. The third kappa shape index (κ3) is 2.95. The zero-order valence-electron chi connectivity index (χ0n) is 12.1. The van der Waals surface area contributed by atoms with Crippen molar-refractivity contribution < 1.29 is 0 Å². The highest BCUT2D eigenvalue weighted by atomic mass is 79.9. The van der Waals surface area contributed by atoms with Gasteiger partial charge in [-0.05, 0) is 33.5 Å². The average molecular weight is 356 g/mol. The van der Waals surface area contributed by atoms with E-state index in [0.717, 1.165) is 28.8 Å². The van der Waals surface area contributed by atoms with Crippen molar-refractivity contribution in [2.45, 2.75) is 13.0 Å². The molecule has 110 valence electrons. The Labute approximate surface area is 137 Å². The van der Waals surface area contributed by atoms with Crippen LogP contribution in [0.15, 0.2) is 47.6 Å². The van der Waals surface area contributed by atoms with Crippen molar-refractivity contribution >= 4 is 21.6 Å². The van der Waals surface area contributed by atoms with Crippen LogP contribution in [0, 0.1) is 6.57 Å². The van der Waals surface area contributed by atoms with E-state index >= 15 is 0 Å². The van der Waals surface area contributed by atoms with E-state index in [0.29, 0.717) is 5.69 Å². The molecule has 6 heteroatoms. The van der Waals surface area contributed by atoms with Crippen LogP contribution in [0.1, 0.15) is 5.56 Å². The van der Waals surface area contributed by atoms with E-state index in [1.54, 1.807) is 0 Å². The molecule has 5 nitrogen and oxygen atoms in total. The smallest absolute Gasteiger partial charge is 0.187 e. The van der Waals surface area contributed by atoms with Crippen molar-refractivity contribution in [2.24, 2.45) is 7.05 Å². The molecule has 0 aliphatic carbocycles. The molecule has 3 rings (SSSR count). The van der Waals surface area contributed by atoms with Gasteiger partial charge in [0.2, 0.25) is 0 Å². The number of halogens is 1. The zero-order valence-corrected chi connectivity index (χ0v) is 13.7. The lowest BCUT2D eigenvalue weighted by Gasteiger charge is -2.08. The molecular formula is C16H14BrN5. The maximum Gasteiger partial charge on any atom is 0.187 e. The first-order valence-corrected chi connectivity index (χ1v) is 7.62. The summed E-state index contributed by atoms with van der Waals surface area (Å²) < 4.78 is 4.74. The van der Waals surface area contributed by atoms with Crippen LogP contribution in [0.3, 0.4) is 0 Å². The summed E-state index contributed by atoms with van der Waals surface area (Å²) in [5.41, 5.74) is 3.91. The average Bonchev–Trinajstić information content (AvgIpc) is 3.11. The van der Waals surface area contributed by atoms with Crippen molar-refractivity contribution in [3.05, 3.63) is 64.6 Å². The van der Waals surface area contributed by atoms with Crippen molar-refractivity contribution in [1.29, 1.82) is 0 Å². The predicted molar refractivity (Wildman–Crippen MR) is 88.5 cm³/mol. The Bertz CT molecular complexity index is 823. The van der Waals surface area contributed by atoms with E-state index in [1.807, 2.05) is 54.7 Å². The van der Waals surface area contributed by atoms with Crippen LogP contribution < -0.4 is 0 Å². The molecule has 0 aliphatic heterocycles. The molecule has 0 saturated heterocycles. The molecule has 0 spiro atoms. The highest BCUT2D eigenvalue weighted by molar-refractivity contribution is 9.10. The van der Waals surface area contributed by atoms with Crippen LogP contribution in [0.25, 0.3) is 16.1 Å². The summed E-state index contributed by atoms with van der Waals surface area (Å²) in [7, 11) is 1.92. The summed E-state index contributed by atoms with van der Waals surface area (Å²) in [6, 6.07) is 7.56. The Morgan fingerprint density at radius 3 is 2.68 bits per heavy atom. The Kier molecular flexibility index (Phi) is 4.07. The fourth-order valence-corrected chi connectivity index (χ4v) is 2.90. The van der Waals surface area contributed by atoms with E-state index in [9.17, 15) is 0 Å². The normalized spacial score (nSPS) is 10.6. The standard InChI is InChI=1S/C16H14BrN5/c1-18-14-5-3-13(4-6-14)15-16(17)19-11-22(15)8-7-12-9-20-21(2)10-12/h3-6,9-11H,7-8H2,2H3. The Morgan fingerprint density at radius 2 is 2.05 bits per heavy atom. The van der Waals surface area contributed by atoms with Crippen molar-refractivity contribution in [2.75, 3.05) is 0 Å².